The number of hydrogen-bond acceptors (Lipinski definition) is 4. The van der Waals surface area contributed by atoms with Crippen LogP contribution in [0.25, 0.3) is 5.69 Å². The Labute approximate surface area is 127 Å². The topological polar surface area (TPSA) is 70.1 Å². The predicted octanol–water partition coefficient (Wildman–Crippen LogP) is 2.84. The Bertz CT molecular complexity index is 716. The van der Waals surface area contributed by atoms with E-state index in [1.807, 2.05) is 0 Å². The third-order valence-corrected chi connectivity index (χ3v) is 3.52. The predicted molar refractivity (Wildman–Crippen MR) is 76.3 cm³/mol. The number of esters is 1. The molecule has 5 nitrogen and oxygen atoms in total. The average molecular weight is 360 g/mol. The Morgan fingerprint density at radius 3 is 2.67 bits per heavy atom. The Balaban J connectivity index is 2.72. The molecule has 112 valence electrons. The van der Waals surface area contributed by atoms with E-state index in [1.165, 1.54) is 11.7 Å². The molecule has 1 aromatic heterocycles. The van der Waals surface area contributed by atoms with Gasteiger partial charge >= 0.3 is 5.97 Å². The molecule has 21 heavy (non-hydrogen) atoms. The largest absolute Gasteiger partial charge is 0.464 e. The second-order valence-electron chi connectivity index (χ2n) is 4.16. The molecule has 0 aliphatic carbocycles. The lowest BCUT2D eigenvalue weighted by molar-refractivity contribution is 0.0595. The monoisotopic (exact) mass is 359 g/mol. The summed E-state index contributed by atoms with van der Waals surface area (Å²) in [5.74, 6) is -1.86. The van der Waals surface area contributed by atoms with Crippen molar-refractivity contribution in [3.63, 3.8) is 0 Å². The van der Waals surface area contributed by atoms with E-state index < -0.39 is 17.6 Å². The molecular formula is C13H12BrF2N3O2. The molecule has 2 rings (SSSR count). The van der Waals surface area contributed by atoms with Crippen LogP contribution in [-0.4, -0.2) is 22.6 Å². The molecule has 1 heterocycles. The zero-order chi connectivity index (χ0) is 15.7. The fourth-order valence-corrected chi connectivity index (χ4v) is 2.23. The number of imidazole rings is 1. The highest BCUT2D eigenvalue weighted by atomic mass is 79.9. The van der Waals surface area contributed by atoms with Crippen LogP contribution in [0.15, 0.2) is 16.6 Å². The number of hydrogen-bond donors (Lipinski definition) is 1. The number of aromatic nitrogens is 2. The highest BCUT2D eigenvalue weighted by Crippen LogP contribution is 2.27. The van der Waals surface area contributed by atoms with Gasteiger partial charge in [0.2, 0.25) is 0 Å². The van der Waals surface area contributed by atoms with Gasteiger partial charge < -0.3 is 10.5 Å². The van der Waals surface area contributed by atoms with Crippen LogP contribution < -0.4 is 5.73 Å². The van der Waals surface area contributed by atoms with Crippen molar-refractivity contribution in [1.29, 1.82) is 0 Å². The Hall–Kier alpha value is -1.96. The minimum Gasteiger partial charge on any atom is -0.464 e. The standard InChI is InChI=1S/C13H12BrF2N3O2/c1-3-10-18-11(13(20)21-2)12(17)19(10)9-5-7(15)6(14)4-8(9)16/h4-5H,3,17H2,1-2H3. The van der Waals surface area contributed by atoms with Gasteiger partial charge in [-0.05, 0) is 22.0 Å². The fraction of sp³-hybridized carbons (Fsp3) is 0.231. The van der Waals surface area contributed by atoms with Crippen molar-refractivity contribution in [3.8, 4) is 5.69 Å². The minimum absolute atomic E-state index is 0.00586. The van der Waals surface area contributed by atoms with Gasteiger partial charge in [-0.1, -0.05) is 6.92 Å². The van der Waals surface area contributed by atoms with Gasteiger partial charge in [-0.2, -0.15) is 0 Å². The smallest absolute Gasteiger partial charge is 0.360 e. The number of nitrogens with two attached hydrogens (primary N) is 1. The summed E-state index contributed by atoms with van der Waals surface area (Å²) in [4.78, 5) is 15.6. The third kappa shape index (κ3) is 2.63. The van der Waals surface area contributed by atoms with Crippen molar-refractivity contribution >= 4 is 27.7 Å². The molecule has 0 bridgehead atoms. The van der Waals surface area contributed by atoms with Gasteiger partial charge in [0.15, 0.2) is 5.69 Å². The van der Waals surface area contributed by atoms with Gasteiger partial charge in [-0.25, -0.2) is 18.6 Å². The molecule has 0 atom stereocenters. The summed E-state index contributed by atoms with van der Waals surface area (Å²) in [6.07, 6.45) is 0.373. The van der Waals surface area contributed by atoms with Crippen molar-refractivity contribution < 1.29 is 18.3 Å². The van der Waals surface area contributed by atoms with E-state index in [4.69, 9.17) is 5.73 Å². The van der Waals surface area contributed by atoms with Crippen LogP contribution >= 0.6 is 15.9 Å². The highest BCUT2D eigenvalue weighted by Gasteiger charge is 2.23. The van der Waals surface area contributed by atoms with Crippen LogP contribution in [0.1, 0.15) is 23.2 Å². The van der Waals surface area contributed by atoms with Crippen molar-refractivity contribution in [1.82, 2.24) is 9.55 Å². The van der Waals surface area contributed by atoms with Crippen LogP contribution in [-0.2, 0) is 11.2 Å². The number of nitrogens with zero attached hydrogens (tertiary/aromatic N) is 2. The fourth-order valence-electron chi connectivity index (χ4n) is 1.92. The number of anilines is 1. The van der Waals surface area contributed by atoms with E-state index in [9.17, 15) is 13.6 Å². The first kappa shape index (κ1) is 15.4. The lowest BCUT2D eigenvalue weighted by atomic mass is 10.2. The maximum absolute atomic E-state index is 14.1. The van der Waals surface area contributed by atoms with Gasteiger partial charge in [-0.3, -0.25) is 4.57 Å². The molecule has 0 saturated carbocycles. The van der Waals surface area contributed by atoms with Crippen LogP contribution in [0.5, 0.6) is 0 Å². The second-order valence-corrected chi connectivity index (χ2v) is 5.01. The third-order valence-electron chi connectivity index (χ3n) is 2.91. The number of methoxy groups -OCH3 is 1. The molecule has 0 aliphatic heterocycles. The summed E-state index contributed by atoms with van der Waals surface area (Å²) in [5, 5.41) is 0. The van der Waals surface area contributed by atoms with E-state index in [2.05, 4.69) is 25.7 Å². The first-order valence-electron chi connectivity index (χ1n) is 6.01. The van der Waals surface area contributed by atoms with E-state index in [0.29, 0.717) is 12.2 Å². The van der Waals surface area contributed by atoms with Gasteiger partial charge in [0.1, 0.15) is 23.3 Å². The van der Waals surface area contributed by atoms with Crippen molar-refractivity contribution in [3.05, 3.63) is 39.8 Å². The number of carbonyl (C=O) groups is 1. The maximum Gasteiger partial charge on any atom is 0.360 e. The normalized spacial score (nSPS) is 10.7. The van der Waals surface area contributed by atoms with Crippen LogP contribution in [0.4, 0.5) is 14.6 Å². The number of rotatable bonds is 3. The molecule has 0 radical (unpaired) electrons. The van der Waals surface area contributed by atoms with Crippen LogP contribution in [0.3, 0.4) is 0 Å². The molecule has 0 fully saturated rings. The zero-order valence-electron chi connectivity index (χ0n) is 11.3. The average Bonchev–Trinajstić information content (AvgIpc) is 2.79. The molecule has 0 spiro atoms. The molecule has 0 saturated heterocycles. The number of aryl methyl sites for hydroxylation is 1. The van der Waals surface area contributed by atoms with E-state index in [-0.39, 0.29) is 21.7 Å². The summed E-state index contributed by atoms with van der Waals surface area (Å²) in [5.41, 5.74) is 5.60. The summed E-state index contributed by atoms with van der Waals surface area (Å²) < 4.78 is 33.5. The molecule has 1 aromatic carbocycles. The van der Waals surface area contributed by atoms with Crippen molar-refractivity contribution in [2.75, 3.05) is 12.8 Å². The molecule has 8 heteroatoms. The van der Waals surface area contributed by atoms with Crippen LogP contribution in [0.2, 0.25) is 0 Å². The van der Waals surface area contributed by atoms with E-state index in [0.717, 1.165) is 12.1 Å². The lowest BCUT2D eigenvalue weighted by Gasteiger charge is -2.11. The molecular weight excluding hydrogens is 348 g/mol. The SMILES string of the molecule is CCc1nc(C(=O)OC)c(N)n1-c1cc(F)c(Br)cc1F. The van der Waals surface area contributed by atoms with Gasteiger partial charge in [-0.15, -0.1) is 0 Å². The minimum atomic E-state index is -0.737. The highest BCUT2D eigenvalue weighted by molar-refractivity contribution is 9.10. The quantitative estimate of drug-likeness (QED) is 0.675. The number of ether oxygens (including phenoxy) is 1. The van der Waals surface area contributed by atoms with E-state index in [1.54, 1.807) is 6.92 Å². The maximum atomic E-state index is 14.1. The summed E-state index contributed by atoms with van der Waals surface area (Å²) in [6.45, 7) is 1.76. The Morgan fingerprint density at radius 1 is 1.43 bits per heavy atom. The van der Waals surface area contributed by atoms with Gasteiger partial charge in [0.05, 0.1) is 17.3 Å². The van der Waals surface area contributed by atoms with Gasteiger partial charge in [0, 0.05) is 12.5 Å². The van der Waals surface area contributed by atoms with E-state index >= 15 is 0 Å². The first-order chi connectivity index (χ1) is 9.90. The molecule has 2 N–H and O–H groups in total. The number of halogens is 3. The first-order valence-corrected chi connectivity index (χ1v) is 6.80. The Morgan fingerprint density at radius 2 is 2.10 bits per heavy atom. The summed E-state index contributed by atoms with van der Waals surface area (Å²) in [7, 11) is 1.19. The Kier molecular flexibility index (Phi) is 4.26. The number of nitrogen functional groups attached to an aromatic ring is 1. The van der Waals surface area contributed by atoms with Gasteiger partial charge in [0.25, 0.3) is 0 Å². The van der Waals surface area contributed by atoms with Crippen LogP contribution in [0, 0.1) is 11.6 Å². The molecule has 0 unspecified atom stereocenters. The molecule has 2 aromatic rings. The van der Waals surface area contributed by atoms with Crippen molar-refractivity contribution in [2.24, 2.45) is 0 Å². The summed E-state index contributed by atoms with van der Waals surface area (Å²) >= 11 is 2.90. The number of carbonyl (C=O) groups excluding carboxylic acids is 1. The summed E-state index contributed by atoms with van der Waals surface area (Å²) in [6, 6.07) is 1.97. The lowest BCUT2D eigenvalue weighted by Crippen LogP contribution is -2.09. The molecule has 0 aliphatic rings. The van der Waals surface area contributed by atoms with Crippen molar-refractivity contribution in [2.45, 2.75) is 13.3 Å². The second kappa shape index (κ2) is 5.80. The molecule has 0 amide bonds. The zero-order valence-corrected chi connectivity index (χ0v) is 12.9. The number of benzene rings is 1.